The van der Waals surface area contributed by atoms with Crippen molar-refractivity contribution < 1.29 is 20.1 Å². The molecule has 0 aliphatic rings. The fraction of sp³-hybridized carbons (Fsp3) is 0. The van der Waals surface area contributed by atoms with Crippen molar-refractivity contribution in [1.29, 1.82) is 0 Å². The second-order valence-corrected chi connectivity index (χ2v) is 4.35. The first kappa shape index (κ1) is 13.0. The average molecular weight is 436 g/mol. The Balaban J connectivity index is 0.00000121. The molecule has 1 aromatic carbocycles. The summed E-state index contributed by atoms with van der Waals surface area (Å²) >= 11 is 0. The molecule has 0 N–H and O–H groups in total. The molecule has 0 aliphatic heterocycles. The first-order chi connectivity index (χ1) is 9.45. The van der Waals surface area contributed by atoms with Crippen LogP contribution in [-0.2, 0) is 20.1 Å². The van der Waals surface area contributed by atoms with Gasteiger partial charge in [-0.2, -0.15) is 0 Å². The summed E-state index contributed by atoms with van der Waals surface area (Å²) in [7, 11) is 0. The topological polar surface area (TPSA) is 30.7 Å². The SMILES string of the molecule is [Ir].[c-]1cccc2c1c1ncccc1n2-c1cccnc1. The summed E-state index contributed by atoms with van der Waals surface area (Å²) in [6, 6.07) is 17.3. The molecule has 0 bridgehead atoms. The summed E-state index contributed by atoms with van der Waals surface area (Å²) in [6.07, 6.45) is 5.46. The predicted octanol–water partition coefficient (Wildman–Crippen LogP) is 3.37. The van der Waals surface area contributed by atoms with E-state index in [9.17, 15) is 0 Å². The van der Waals surface area contributed by atoms with Gasteiger partial charge in [0.05, 0.1) is 11.9 Å². The maximum Gasteiger partial charge on any atom is 0.0552 e. The van der Waals surface area contributed by atoms with Crippen LogP contribution in [0.1, 0.15) is 0 Å². The Morgan fingerprint density at radius 3 is 2.65 bits per heavy atom. The quantitative estimate of drug-likeness (QED) is 0.429. The zero-order valence-electron chi connectivity index (χ0n) is 10.4. The summed E-state index contributed by atoms with van der Waals surface area (Å²) in [5, 5.41) is 1.04. The van der Waals surface area contributed by atoms with Crippen molar-refractivity contribution in [2.24, 2.45) is 0 Å². The Kier molecular flexibility index (Phi) is 3.35. The zero-order valence-corrected chi connectivity index (χ0v) is 12.8. The van der Waals surface area contributed by atoms with Crippen molar-refractivity contribution >= 4 is 21.9 Å². The van der Waals surface area contributed by atoms with Crippen molar-refractivity contribution in [3.05, 3.63) is 67.1 Å². The van der Waals surface area contributed by atoms with Crippen LogP contribution >= 0.6 is 0 Å². The molecule has 0 aliphatic carbocycles. The van der Waals surface area contributed by atoms with Gasteiger partial charge >= 0.3 is 0 Å². The average Bonchev–Trinajstić information content (AvgIpc) is 2.83. The van der Waals surface area contributed by atoms with E-state index in [-0.39, 0.29) is 20.1 Å². The molecular formula is C16H10IrN3-. The van der Waals surface area contributed by atoms with Crippen LogP contribution in [0.3, 0.4) is 0 Å². The third kappa shape index (κ3) is 1.85. The zero-order chi connectivity index (χ0) is 12.7. The molecule has 0 saturated heterocycles. The van der Waals surface area contributed by atoms with E-state index in [1.165, 1.54) is 0 Å². The van der Waals surface area contributed by atoms with Gasteiger partial charge in [-0.05, 0) is 29.8 Å². The van der Waals surface area contributed by atoms with E-state index in [0.717, 1.165) is 27.6 Å². The summed E-state index contributed by atoms with van der Waals surface area (Å²) in [6.45, 7) is 0. The number of aromatic nitrogens is 3. The monoisotopic (exact) mass is 437 g/mol. The number of hydrogen-bond acceptors (Lipinski definition) is 2. The van der Waals surface area contributed by atoms with E-state index in [0.29, 0.717) is 0 Å². The molecule has 3 aromatic heterocycles. The number of nitrogens with zero attached hydrogens (tertiary/aromatic N) is 3. The summed E-state index contributed by atoms with van der Waals surface area (Å²) in [5.41, 5.74) is 4.19. The van der Waals surface area contributed by atoms with Crippen molar-refractivity contribution in [2.45, 2.75) is 0 Å². The normalized spacial score (nSPS) is 10.6. The molecule has 99 valence electrons. The molecule has 3 heterocycles. The van der Waals surface area contributed by atoms with Crippen LogP contribution in [0.15, 0.2) is 61.1 Å². The van der Waals surface area contributed by atoms with Gasteiger partial charge in [0.15, 0.2) is 0 Å². The van der Waals surface area contributed by atoms with E-state index in [1.54, 1.807) is 6.20 Å². The fourth-order valence-electron chi connectivity index (χ4n) is 2.47. The Morgan fingerprint density at radius 1 is 0.950 bits per heavy atom. The van der Waals surface area contributed by atoms with Crippen LogP contribution in [0.2, 0.25) is 0 Å². The Labute approximate surface area is 129 Å². The molecule has 0 amide bonds. The maximum atomic E-state index is 4.48. The fourth-order valence-corrected chi connectivity index (χ4v) is 2.47. The van der Waals surface area contributed by atoms with Crippen molar-refractivity contribution in [3.63, 3.8) is 0 Å². The van der Waals surface area contributed by atoms with Crippen LogP contribution in [0.25, 0.3) is 27.6 Å². The number of pyridine rings is 2. The molecule has 0 fully saturated rings. The van der Waals surface area contributed by atoms with E-state index >= 15 is 0 Å². The third-order valence-corrected chi connectivity index (χ3v) is 3.24. The molecule has 4 aromatic rings. The van der Waals surface area contributed by atoms with Gasteiger partial charge in [-0.15, -0.1) is 24.3 Å². The van der Waals surface area contributed by atoms with Crippen LogP contribution in [-0.4, -0.2) is 14.5 Å². The first-order valence-electron chi connectivity index (χ1n) is 6.11. The largest absolute Gasteiger partial charge is 0.356 e. The molecule has 4 heteroatoms. The molecule has 0 saturated carbocycles. The second-order valence-electron chi connectivity index (χ2n) is 4.35. The smallest absolute Gasteiger partial charge is 0.0552 e. The van der Waals surface area contributed by atoms with Gasteiger partial charge in [-0.3, -0.25) is 4.98 Å². The molecule has 20 heavy (non-hydrogen) atoms. The van der Waals surface area contributed by atoms with Gasteiger partial charge in [0.25, 0.3) is 0 Å². The molecule has 0 atom stereocenters. The van der Waals surface area contributed by atoms with Crippen LogP contribution < -0.4 is 0 Å². The van der Waals surface area contributed by atoms with E-state index < -0.39 is 0 Å². The summed E-state index contributed by atoms with van der Waals surface area (Å²) in [5.74, 6) is 0. The molecule has 1 radical (unpaired) electrons. The van der Waals surface area contributed by atoms with Gasteiger partial charge in [-0.1, -0.05) is 5.39 Å². The summed E-state index contributed by atoms with van der Waals surface area (Å²) in [4.78, 5) is 8.69. The van der Waals surface area contributed by atoms with Crippen molar-refractivity contribution in [1.82, 2.24) is 14.5 Å². The van der Waals surface area contributed by atoms with Gasteiger partial charge in [0, 0.05) is 43.5 Å². The Morgan fingerprint density at radius 2 is 1.80 bits per heavy atom. The van der Waals surface area contributed by atoms with Gasteiger partial charge in [0.2, 0.25) is 0 Å². The van der Waals surface area contributed by atoms with E-state index in [2.05, 4.69) is 32.7 Å². The number of rotatable bonds is 1. The van der Waals surface area contributed by atoms with Crippen molar-refractivity contribution in [2.75, 3.05) is 0 Å². The standard InChI is InChI=1S/C16H10N3.Ir/c1-2-7-14-13(6-1)16-15(8-4-10-18-16)19(14)12-5-3-9-17-11-12;/h1-5,7-11H;/q-1;. The minimum Gasteiger partial charge on any atom is -0.356 e. The Hall–Kier alpha value is -2.03. The Bertz CT molecular complexity index is 815. The minimum absolute atomic E-state index is 0. The maximum absolute atomic E-state index is 4.48. The van der Waals surface area contributed by atoms with Gasteiger partial charge in [0.1, 0.15) is 0 Å². The van der Waals surface area contributed by atoms with E-state index in [4.69, 9.17) is 0 Å². The minimum atomic E-state index is 0. The number of hydrogen-bond donors (Lipinski definition) is 0. The second kappa shape index (κ2) is 5.16. The third-order valence-electron chi connectivity index (χ3n) is 3.24. The van der Waals surface area contributed by atoms with Crippen LogP contribution in [0.4, 0.5) is 0 Å². The molecule has 0 unspecified atom stereocenters. The number of fused-ring (bicyclic) bond motifs is 3. The predicted molar refractivity (Wildman–Crippen MR) is 75.2 cm³/mol. The first-order valence-corrected chi connectivity index (χ1v) is 6.11. The van der Waals surface area contributed by atoms with Crippen molar-refractivity contribution in [3.8, 4) is 5.69 Å². The summed E-state index contributed by atoms with van der Waals surface area (Å²) < 4.78 is 2.17. The number of benzene rings is 1. The van der Waals surface area contributed by atoms with Gasteiger partial charge < -0.3 is 9.55 Å². The van der Waals surface area contributed by atoms with Crippen LogP contribution in [0, 0.1) is 6.07 Å². The molecular weight excluding hydrogens is 426 g/mol. The molecule has 4 rings (SSSR count). The molecule has 0 spiro atoms. The molecule has 3 nitrogen and oxygen atoms in total. The van der Waals surface area contributed by atoms with Crippen LogP contribution in [0.5, 0.6) is 0 Å². The van der Waals surface area contributed by atoms with E-state index in [1.807, 2.05) is 42.7 Å². The van der Waals surface area contributed by atoms with Gasteiger partial charge in [-0.25, -0.2) is 0 Å².